The molecule has 164 valence electrons. The fourth-order valence-electron chi connectivity index (χ4n) is 3.52. The number of benzene rings is 3. The first-order valence-electron chi connectivity index (χ1n) is 10.7. The molecular formula is C26H23N5OS. The van der Waals surface area contributed by atoms with Crippen LogP contribution in [0.1, 0.15) is 29.2 Å². The van der Waals surface area contributed by atoms with Crippen LogP contribution in [0.4, 0.5) is 0 Å². The predicted octanol–water partition coefficient (Wildman–Crippen LogP) is 6.45. The lowest BCUT2D eigenvalue weighted by Gasteiger charge is -2.13. The Morgan fingerprint density at radius 2 is 1.45 bits per heavy atom. The predicted molar refractivity (Wildman–Crippen MR) is 130 cm³/mol. The molecule has 5 aromatic rings. The van der Waals surface area contributed by atoms with Crippen LogP contribution < -0.4 is 0 Å². The Morgan fingerprint density at radius 1 is 0.758 bits per heavy atom. The molecule has 5 rings (SSSR count). The number of aryl methyl sites for hydroxylation is 2. The number of hydrogen-bond donors (Lipinski definition) is 0. The van der Waals surface area contributed by atoms with Crippen molar-refractivity contribution in [1.82, 2.24) is 25.0 Å². The topological polar surface area (TPSA) is 69.6 Å². The third-order valence-corrected chi connectivity index (χ3v) is 6.54. The van der Waals surface area contributed by atoms with Crippen molar-refractivity contribution in [1.29, 1.82) is 0 Å². The fourth-order valence-corrected chi connectivity index (χ4v) is 4.42. The lowest BCUT2D eigenvalue weighted by Crippen LogP contribution is -2.02. The fraction of sp³-hybridized carbons (Fsp3) is 0.154. The summed E-state index contributed by atoms with van der Waals surface area (Å²) >= 11 is 1.55. The number of hydrogen-bond acceptors (Lipinski definition) is 6. The van der Waals surface area contributed by atoms with E-state index in [-0.39, 0.29) is 5.25 Å². The van der Waals surface area contributed by atoms with Gasteiger partial charge in [0.1, 0.15) is 0 Å². The molecule has 2 heterocycles. The second-order valence-corrected chi connectivity index (χ2v) is 9.16. The van der Waals surface area contributed by atoms with Crippen LogP contribution in [0.25, 0.3) is 28.5 Å². The van der Waals surface area contributed by atoms with Crippen LogP contribution in [0.5, 0.6) is 0 Å². The third kappa shape index (κ3) is 4.32. The van der Waals surface area contributed by atoms with Crippen LogP contribution in [0, 0.1) is 13.8 Å². The minimum absolute atomic E-state index is 0.104. The Hall–Kier alpha value is -3.71. The van der Waals surface area contributed by atoms with Gasteiger partial charge in [-0.05, 0) is 56.2 Å². The Balaban J connectivity index is 1.51. The molecule has 0 aliphatic rings. The summed E-state index contributed by atoms with van der Waals surface area (Å²) in [6.45, 7) is 6.26. The first kappa shape index (κ1) is 21.2. The molecule has 0 aliphatic heterocycles. The summed E-state index contributed by atoms with van der Waals surface area (Å²) in [5.41, 5.74) is 5.39. The second kappa shape index (κ2) is 9.03. The molecule has 0 bridgehead atoms. The molecule has 0 radical (unpaired) electrons. The number of rotatable bonds is 6. The molecule has 33 heavy (non-hydrogen) atoms. The van der Waals surface area contributed by atoms with Crippen molar-refractivity contribution in [3.63, 3.8) is 0 Å². The zero-order valence-corrected chi connectivity index (χ0v) is 19.5. The van der Waals surface area contributed by atoms with Gasteiger partial charge in [0.15, 0.2) is 11.0 Å². The Morgan fingerprint density at radius 3 is 2.15 bits per heavy atom. The molecule has 0 aliphatic carbocycles. The summed E-state index contributed by atoms with van der Waals surface area (Å²) in [7, 11) is 0. The van der Waals surface area contributed by atoms with E-state index < -0.39 is 0 Å². The molecule has 0 unspecified atom stereocenters. The van der Waals surface area contributed by atoms with Crippen LogP contribution in [-0.2, 0) is 0 Å². The van der Waals surface area contributed by atoms with Gasteiger partial charge in [0, 0.05) is 11.1 Å². The van der Waals surface area contributed by atoms with E-state index in [1.54, 1.807) is 11.8 Å². The second-order valence-electron chi connectivity index (χ2n) is 7.85. The zero-order chi connectivity index (χ0) is 22.8. The van der Waals surface area contributed by atoms with Crippen molar-refractivity contribution in [3.8, 4) is 28.5 Å². The molecule has 6 nitrogen and oxygen atoms in total. The quantitative estimate of drug-likeness (QED) is 0.275. The largest absolute Gasteiger partial charge is 0.419 e. The average molecular weight is 454 g/mol. The average Bonchev–Trinajstić information content (AvgIpc) is 3.50. The lowest BCUT2D eigenvalue weighted by molar-refractivity contribution is 0.509. The smallest absolute Gasteiger partial charge is 0.247 e. The molecule has 1 atom stereocenters. The van der Waals surface area contributed by atoms with Gasteiger partial charge in [-0.1, -0.05) is 66.4 Å². The Kier molecular flexibility index (Phi) is 5.79. The van der Waals surface area contributed by atoms with Crippen molar-refractivity contribution in [2.45, 2.75) is 31.2 Å². The Labute approximate surface area is 196 Å². The van der Waals surface area contributed by atoms with Crippen molar-refractivity contribution in [3.05, 3.63) is 95.9 Å². The van der Waals surface area contributed by atoms with Crippen molar-refractivity contribution in [2.24, 2.45) is 0 Å². The van der Waals surface area contributed by atoms with Crippen molar-refractivity contribution >= 4 is 11.8 Å². The molecule has 0 N–H and O–H groups in total. The van der Waals surface area contributed by atoms with Crippen LogP contribution in [0.3, 0.4) is 0 Å². The molecule has 2 aromatic heterocycles. The summed E-state index contributed by atoms with van der Waals surface area (Å²) in [4.78, 5) is 0. The van der Waals surface area contributed by atoms with Crippen LogP contribution >= 0.6 is 11.8 Å². The maximum atomic E-state index is 5.98. The Bertz CT molecular complexity index is 1380. The summed E-state index contributed by atoms with van der Waals surface area (Å²) in [6.07, 6.45) is 0. The van der Waals surface area contributed by atoms with Crippen molar-refractivity contribution in [2.75, 3.05) is 0 Å². The number of nitrogens with zero attached hydrogens (tertiary/aromatic N) is 5. The van der Waals surface area contributed by atoms with Gasteiger partial charge in [-0.3, -0.25) is 4.57 Å². The van der Waals surface area contributed by atoms with Gasteiger partial charge in [0.05, 0.1) is 10.9 Å². The molecule has 0 saturated heterocycles. The monoisotopic (exact) mass is 453 g/mol. The summed E-state index contributed by atoms with van der Waals surface area (Å²) < 4.78 is 8.07. The van der Waals surface area contributed by atoms with E-state index in [0.717, 1.165) is 27.8 Å². The molecular weight excluding hydrogens is 430 g/mol. The molecule has 0 saturated carbocycles. The summed E-state index contributed by atoms with van der Waals surface area (Å²) in [5, 5.41) is 18.3. The van der Waals surface area contributed by atoms with Gasteiger partial charge in [0.2, 0.25) is 11.8 Å². The summed E-state index contributed by atoms with van der Waals surface area (Å²) in [5.74, 6) is 1.86. The number of aromatic nitrogens is 5. The normalized spacial score (nSPS) is 12.1. The van der Waals surface area contributed by atoms with Crippen LogP contribution in [0.2, 0.25) is 0 Å². The first-order chi connectivity index (χ1) is 16.1. The van der Waals surface area contributed by atoms with Gasteiger partial charge in [-0.25, -0.2) is 0 Å². The van der Waals surface area contributed by atoms with E-state index >= 15 is 0 Å². The highest BCUT2D eigenvalue weighted by atomic mass is 32.2. The first-order valence-corrected chi connectivity index (χ1v) is 11.6. The SMILES string of the molecule is Cc1ccc(-n2c(S[C@@H](C)c3nnc(-c4ccccc4)o3)nnc2-c2ccccc2)cc1C. The molecule has 7 heteroatoms. The van der Waals surface area contributed by atoms with Crippen LogP contribution in [-0.4, -0.2) is 25.0 Å². The van der Waals surface area contributed by atoms with Gasteiger partial charge >= 0.3 is 0 Å². The zero-order valence-electron chi connectivity index (χ0n) is 18.6. The van der Waals surface area contributed by atoms with E-state index in [1.165, 1.54) is 11.1 Å². The highest BCUT2D eigenvalue weighted by Gasteiger charge is 2.22. The third-order valence-electron chi connectivity index (χ3n) is 5.51. The maximum absolute atomic E-state index is 5.98. The van der Waals surface area contributed by atoms with Crippen molar-refractivity contribution < 1.29 is 4.42 Å². The molecule has 0 fully saturated rings. The van der Waals surface area contributed by atoms with Gasteiger partial charge in [-0.15, -0.1) is 20.4 Å². The molecule has 0 amide bonds. The molecule has 3 aromatic carbocycles. The van der Waals surface area contributed by atoms with Gasteiger partial charge in [0.25, 0.3) is 0 Å². The van der Waals surface area contributed by atoms with E-state index in [1.807, 2.05) is 67.6 Å². The van der Waals surface area contributed by atoms with Gasteiger partial charge in [-0.2, -0.15) is 0 Å². The highest BCUT2D eigenvalue weighted by molar-refractivity contribution is 7.99. The van der Waals surface area contributed by atoms with E-state index in [2.05, 4.69) is 57.0 Å². The minimum atomic E-state index is -0.104. The highest BCUT2D eigenvalue weighted by Crippen LogP contribution is 2.37. The van der Waals surface area contributed by atoms with E-state index in [0.29, 0.717) is 11.8 Å². The number of thioether (sulfide) groups is 1. The van der Waals surface area contributed by atoms with Crippen LogP contribution in [0.15, 0.2) is 88.4 Å². The summed E-state index contributed by atoms with van der Waals surface area (Å²) in [6, 6.07) is 26.3. The lowest BCUT2D eigenvalue weighted by atomic mass is 10.1. The minimum Gasteiger partial charge on any atom is -0.419 e. The van der Waals surface area contributed by atoms with E-state index in [4.69, 9.17) is 4.42 Å². The molecule has 0 spiro atoms. The van der Waals surface area contributed by atoms with Gasteiger partial charge < -0.3 is 4.42 Å². The van der Waals surface area contributed by atoms with E-state index in [9.17, 15) is 0 Å². The standard InChI is InChI=1S/C26H23N5OS/c1-17-14-15-22(16-18(17)2)31-23(20-10-6-4-7-11-20)27-30-26(31)33-19(3)24-28-29-25(32-24)21-12-8-5-9-13-21/h4-16,19H,1-3H3/t19-/m0/s1. The maximum Gasteiger partial charge on any atom is 0.247 e.